The summed E-state index contributed by atoms with van der Waals surface area (Å²) in [6, 6.07) is 4.66. The van der Waals surface area contributed by atoms with Gasteiger partial charge >= 0.3 is 0 Å². The highest BCUT2D eigenvalue weighted by Crippen LogP contribution is 2.31. The number of nitrogens with one attached hydrogen (secondary N) is 2. The van der Waals surface area contributed by atoms with Crippen LogP contribution in [0.3, 0.4) is 0 Å². The maximum atomic E-state index is 11.5. The smallest absolute Gasteiger partial charge is 0.299 e. The minimum absolute atomic E-state index is 0.101. The molecule has 0 amide bonds. The zero-order valence-electron chi connectivity index (χ0n) is 9.10. The van der Waals surface area contributed by atoms with Crippen molar-refractivity contribution >= 4 is 31.8 Å². The molecule has 1 rings (SSSR count). The summed E-state index contributed by atoms with van der Waals surface area (Å²) < 4.78 is 32.7. The fourth-order valence-electron chi connectivity index (χ4n) is 1.06. The first-order valence-corrected chi connectivity index (χ1v) is 6.97. The maximum Gasteiger partial charge on any atom is 0.299 e. The van der Waals surface area contributed by atoms with Crippen molar-refractivity contribution in [2.24, 2.45) is 0 Å². The molecule has 0 aliphatic heterocycles. The standard InChI is InChI=1S/C9H13BrN2O4S/c1-16-6-5-11-17(14,15)12-8-4-2-3-7(10)9(8)13/h2-4,11-13H,5-6H2,1H3. The van der Waals surface area contributed by atoms with Crippen LogP contribution in [0.1, 0.15) is 0 Å². The van der Waals surface area contributed by atoms with Crippen molar-refractivity contribution in [2.75, 3.05) is 25.0 Å². The van der Waals surface area contributed by atoms with E-state index in [1.807, 2.05) is 0 Å². The fraction of sp³-hybridized carbons (Fsp3) is 0.333. The van der Waals surface area contributed by atoms with Crippen LogP contribution in [0.5, 0.6) is 5.75 Å². The summed E-state index contributed by atoms with van der Waals surface area (Å²) >= 11 is 3.09. The van der Waals surface area contributed by atoms with Gasteiger partial charge in [-0.2, -0.15) is 13.1 Å². The van der Waals surface area contributed by atoms with Gasteiger partial charge in [-0.3, -0.25) is 4.72 Å². The number of halogens is 1. The molecular weight excluding hydrogens is 312 g/mol. The van der Waals surface area contributed by atoms with Crippen LogP contribution in [-0.2, 0) is 14.9 Å². The van der Waals surface area contributed by atoms with Gasteiger partial charge in [0.25, 0.3) is 10.2 Å². The van der Waals surface area contributed by atoms with Crippen LogP contribution in [-0.4, -0.2) is 33.8 Å². The Kier molecular flexibility index (Phi) is 5.19. The predicted molar refractivity (Wildman–Crippen MR) is 68.2 cm³/mol. The van der Waals surface area contributed by atoms with Gasteiger partial charge in [-0.15, -0.1) is 0 Å². The number of para-hydroxylation sites is 1. The molecular formula is C9H13BrN2O4S. The lowest BCUT2D eigenvalue weighted by Gasteiger charge is -2.10. The largest absolute Gasteiger partial charge is 0.505 e. The maximum absolute atomic E-state index is 11.5. The van der Waals surface area contributed by atoms with Crippen molar-refractivity contribution < 1.29 is 18.3 Å². The molecule has 1 aromatic carbocycles. The predicted octanol–water partition coefficient (Wildman–Crippen LogP) is 1.05. The summed E-state index contributed by atoms with van der Waals surface area (Å²) in [6.45, 7) is 0.423. The molecule has 0 radical (unpaired) electrons. The number of phenols is 1. The SMILES string of the molecule is COCCNS(=O)(=O)Nc1cccc(Br)c1O. The van der Waals surface area contributed by atoms with Crippen molar-refractivity contribution in [1.82, 2.24) is 4.72 Å². The Hall–Kier alpha value is -0.830. The number of methoxy groups -OCH3 is 1. The van der Waals surface area contributed by atoms with Crippen LogP contribution in [0.15, 0.2) is 22.7 Å². The van der Waals surface area contributed by atoms with Crippen LogP contribution in [0.25, 0.3) is 0 Å². The Morgan fingerprint density at radius 2 is 2.18 bits per heavy atom. The molecule has 8 heteroatoms. The second-order valence-corrected chi connectivity index (χ2v) is 5.48. The minimum atomic E-state index is -3.71. The quantitative estimate of drug-likeness (QED) is 0.539. The Labute approximate surface area is 108 Å². The molecule has 0 aliphatic carbocycles. The molecule has 96 valence electrons. The number of ether oxygens (including phenoxy) is 1. The number of hydrogen-bond acceptors (Lipinski definition) is 4. The van der Waals surface area contributed by atoms with Crippen molar-refractivity contribution in [3.8, 4) is 5.75 Å². The van der Waals surface area contributed by atoms with Crippen molar-refractivity contribution in [2.45, 2.75) is 0 Å². The van der Waals surface area contributed by atoms with E-state index in [0.29, 0.717) is 4.47 Å². The first-order valence-electron chi connectivity index (χ1n) is 4.70. The fourth-order valence-corrected chi connectivity index (χ4v) is 2.30. The van der Waals surface area contributed by atoms with E-state index in [2.05, 4.69) is 25.4 Å². The lowest BCUT2D eigenvalue weighted by atomic mass is 10.3. The zero-order valence-corrected chi connectivity index (χ0v) is 11.5. The van der Waals surface area contributed by atoms with E-state index >= 15 is 0 Å². The van der Waals surface area contributed by atoms with Gasteiger partial charge in [0.2, 0.25) is 0 Å². The molecule has 0 aromatic heterocycles. The Balaban J connectivity index is 2.73. The van der Waals surface area contributed by atoms with Crippen molar-refractivity contribution in [1.29, 1.82) is 0 Å². The van der Waals surface area contributed by atoms with Crippen molar-refractivity contribution in [3.05, 3.63) is 22.7 Å². The first-order chi connectivity index (χ1) is 7.96. The molecule has 0 heterocycles. The summed E-state index contributed by atoms with van der Waals surface area (Å²) in [5.74, 6) is -0.162. The van der Waals surface area contributed by atoms with E-state index in [9.17, 15) is 13.5 Å². The Bertz CT molecular complexity index is 478. The van der Waals surface area contributed by atoms with E-state index in [0.717, 1.165) is 0 Å². The number of rotatable bonds is 6. The third kappa shape index (κ3) is 4.50. The summed E-state index contributed by atoms with van der Waals surface area (Å²) in [5, 5.41) is 9.61. The van der Waals surface area contributed by atoms with Gasteiger partial charge in [0.1, 0.15) is 0 Å². The molecule has 0 saturated carbocycles. The van der Waals surface area contributed by atoms with Gasteiger partial charge in [0, 0.05) is 13.7 Å². The van der Waals surface area contributed by atoms with Crippen LogP contribution < -0.4 is 9.44 Å². The number of aromatic hydroxyl groups is 1. The summed E-state index contributed by atoms with van der Waals surface area (Å²) in [4.78, 5) is 0. The third-order valence-electron chi connectivity index (χ3n) is 1.83. The van der Waals surface area contributed by atoms with Gasteiger partial charge in [-0.1, -0.05) is 6.07 Å². The van der Waals surface area contributed by atoms with Gasteiger partial charge < -0.3 is 9.84 Å². The average molecular weight is 325 g/mol. The highest BCUT2D eigenvalue weighted by atomic mass is 79.9. The van der Waals surface area contributed by atoms with Gasteiger partial charge in [-0.05, 0) is 28.1 Å². The van der Waals surface area contributed by atoms with E-state index in [-0.39, 0.29) is 24.6 Å². The van der Waals surface area contributed by atoms with E-state index < -0.39 is 10.2 Å². The highest BCUT2D eigenvalue weighted by Gasteiger charge is 2.12. The first kappa shape index (κ1) is 14.2. The molecule has 6 nitrogen and oxygen atoms in total. The molecule has 1 aromatic rings. The minimum Gasteiger partial charge on any atom is -0.505 e. The monoisotopic (exact) mass is 324 g/mol. The summed E-state index contributed by atoms with van der Waals surface area (Å²) in [7, 11) is -2.23. The van der Waals surface area contributed by atoms with Crippen LogP contribution in [0.2, 0.25) is 0 Å². The molecule has 0 spiro atoms. The third-order valence-corrected chi connectivity index (χ3v) is 3.54. The van der Waals surface area contributed by atoms with E-state index in [1.165, 1.54) is 13.2 Å². The molecule has 0 saturated heterocycles. The second-order valence-electron chi connectivity index (χ2n) is 3.13. The summed E-state index contributed by atoms with van der Waals surface area (Å²) in [6.07, 6.45) is 0. The van der Waals surface area contributed by atoms with Gasteiger partial charge in [-0.25, -0.2) is 0 Å². The van der Waals surface area contributed by atoms with Crippen LogP contribution >= 0.6 is 15.9 Å². The molecule has 0 atom stereocenters. The second kappa shape index (κ2) is 6.20. The molecule has 0 unspecified atom stereocenters. The zero-order chi connectivity index (χ0) is 12.9. The number of benzene rings is 1. The lowest BCUT2D eigenvalue weighted by Crippen LogP contribution is -2.32. The number of anilines is 1. The van der Waals surface area contributed by atoms with Crippen LogP contribution in [0.4, 0.5) is 5.69 Å². The summed E-state index contributed by atoms with van der Waals surface area (Å²) in [5.41, 5.74) is 0.101. The molecule has 0 fully saturated rings. The molecule has 17 heavy (non-hydrogen) atoms. The molecule has 0 aliphatic rings. The van der Waals surface area contributed by atoms with E-state index in [1.54, 1.807) is 12.1 Å². The van der Waals surface area contributed by atoms with Crippen LogP contribution in [0, 0.1) is 0 Å². The number of phenolic OH excluding ortho intramolecular Hbond substituents is 1. The Morgan fingerprint density at radius 1 is 1.47 bits per heavy atom. The number of hydrogen-bond donors (Lipinski definition) is 3. The van der Waals surface area contributed by atoms with Crippen molar-refractivity contribution in [3.63, 3.8) is 0 Å². The Morgan fingerprint density at radius 3 is 2.82 bits per heavy atom. The van der Waals surface area contributed by atoms with Gasteiger partial charge in [0.15, 0.2) is 5.75 Å². The average Bonchev–Trinajstić information content (AvgIpc) is 2.25. The van der Waals surface area contributed by atoms with E-state index in [4.69, 9.17) is 4.74 Å². The highest BCUT2D eigenvalue weighted by molar-refractivity contribution is 9.10. The normalized spacial score (nSPS) is 11.4. The topological polar surface area (TPSA) is 87.7 Å². The van der Waals surface area contributed by atoms with Gasteiger partial charge in [0.05, 0.1) is 16.8 Å². The molecule has 0 bridgehead atoms. The lowest BCUT2D eigenvalue weighted by molar-refractivity contribution is 0.204. The molecule has 3 N–H and O–H groups in total.